The van der Waals surface area contributed by atoms with E-state index in [1.54, 1.807) is 0 Å². The topological polar surface area (TPSA) is 12.0 Å². The molecule has 0 aliphatic heterocycles. The molecule has 2 heteroatoms. The lowest BCUT2D eigenvalue weighted by atomic mass is 9.71. The summed E-state index contributed by atoms with van der Waals surface area (Å²) < 4.78 is 0. The van der Waals surface area contributed by atoms with Crippen LogP contribution >= 0.6 is 11.8 Å². The molecule has 96 valence electrons. The van der Waals surface area contributed by atoms with Crippen LogP contribution in [0.5, 0.6) is 0 Å². The lowest BCUT2D eigenvalue weighted by Gasteiger charge is -2.37. The maximum absolute atomic E-state index is 3.72. The van der Waals surface area contributed by atoms with Gasteiger partial charge >= 0.3 is 0 Å². The molecular formula is C14H29NS. The Morgan fingerprint density at radius 3 is 2.19 bits per heavy atom. The first kappa shape index (κ1) is 14.4. The van der Waals surface area contributed by atoms with E-state index in [1.807, 2.05) is 11.8 Å². The van der Waals surface area contributed by atoms with E-state index >= 15 is 0 Å². The number of thioether (sulfide) groups is 1. The molecule has 1 N–H and O–H groups in total. The van der Waals surface area contributed by atoms with Crippen molar-refractivity contribution < 1.29 is 0 Å². The minimum Gasteiger partial charge on any atom is -0.313 e. The average Bonchev–Trinajstić information content (AvgIpc) is 2.25. The predicted molar refractivity (Wildman–Crippen MR) is 76.2 cm³/mol. The molecule has 1 aliphatic carbocycles. The first-order chi connectivity index (χ1) is 7.43. The largest absolute Gasteiger partial charge is 0.313 e. The maximum atomic E-state index is 3.72. The van der Waals surface area contributed by atoms with Crippen LogP contribution in [-0.2, 0) is 0 Å². The molecule has 0 bridgehead atoms. The molecule has 0 radical (unpaired) electrons. The van der Waals surface area contributed by atoms with Gasteiger partial charge < -0.3 is 5.32 Å². The quantitative estimate of drug-likeness (QED) is 0.803. The summed E-state index contributed by atoms with van der Waals surface area (Å²) in [4.78, 5) is 0. The number of nitrogens with one attached hydrogen (secondary N) is 1. The normalized spacial score (nSPS) is 29.1. The Morgan fingerprint density at radius 2 is 1.75 bits per heavy atom. The molecule has 1 unspecified atom stereocenters. The van der Waals surface area contributed by atoms with Crippen LogP contribution < -0.4 is 5.32 Å². The van der Waals surface area contributed by atoms with Gasteiger partial charge in [0, 0.05) is 17.8 Å². The van der Waals surface area contributed by atoms with Crippen LogP contribution in [0.25, 0.3) is 0 Å². The van der Waals surface area contributed by atoms with Crippen molar-refractivity contribution in [3.63, 3.8) is 0 Å². The van der Waals surface area contributed by atoms with E-state index in [2.05, 4.69) is 39.3 Å². The fourth-order valence-corrected chi connectivity index (χ4v) is 2.84. The summed E-state index contributed by atoms with van der Waals surface area (Å²) in [5.74, 6) is 0.934. The number of hydrogen-bond acceptors (Lipinski definition) is 2. The van der Waals surface area contributed by atoms with Crippen LogP contribution in [0, 0.1) is 11.3 Å². The highest BCUT2D eigenvalue weighted by molar-refractivity contribution is 7.99. The van der Waals surface area contributed by atoms with Crippen molar-refractivity contribution in [3.05, 3.63) is 0 Å². The number of hydrogen-bond donors (Lipinski definition) is 1. The summed E-state index contributed by atoms with van der Waals surface area (Å²) in [6.45, 7) is 10.6. The van der Waals surface area contributed by atoms with Crippen LogP contribution in [0.1, 0.15) is 53.4 Å². The summed E-state index contributed by atoms with van der Waals surface area (Å²) in [5, 5.41) is 4.47. The molecule has 1 nitrogen and oxygen atoms in total. The molecule has 1 aliphatic rings. The molecule has 0 amide bonds. The minimum atomic E-state index is 0.511. The first-order valence-corrected chi connectivity index (χ1v) is 7.98. The van der Waals surface area contributed by atoms with Crippen LogP contribution in [0.15, 0.2) is 0 Å². The van der Waals surface area contributed by atoms with Gasteiger partial charge in [-0.3, -0.25) is 0 Å². The molecule has 1 fully saturated rings. The predicted octanol–water partition coefficient (Wildman–Crippen LogP) is 3.93. The van der Waals surface area contributed by atoms with Gasteiger partial charge in [-0.25, -0.2) is 0 Å². The van der Waals surface area contributed by atoms with Gasteiger partial charge in [0.1, 0.15) is 0 Å². The maximum Gasteiger partial charge on any atom is 0.0141 e. The third-order valence-corrected chi connectivity index (χ3v) is 5.02. The Bertz CT molecular complexity index is 189. The molecule has 0 saturated heterocycles. The van der Waals surface area contributed by atoms with Gasteiger partial charge in [-0.15, -0.1) is 0 Å². The van der Waals surface area contributed by atoms with Crippen LogP contribution in [0.4, 0.5) is 0 Å². The fourth-order valence-electron chi connectivity index (χ4n) is 2.58. The SMILES string of the molecule is CSC(C)CNC1CCC(C(C)(C)C)CC1. The average molecular weight is 243 g/mol. The molecule has 1 atom stereocenters. The van der Waals surface area contributed by atoms with E-state index in [0.717, 1.165) is 17.2 Å². The summed E-state index contributed by atoms with van der Waals surface area (Å²) in [7, 11) is 0. The number of rotatable bonds is 4. The van der Waals surface area contributed by atoms with Gasteiger partial charge in [0.2, 0.25) is 0 Å². The van der Waals surface area contributed by atoms with Gasteiger partial charge in [-0.1, -0.05) is 27.7 Å². The lowest BCUT2D eigenvalue weighted by molar-refractivity contribution is 0.160. The molecule has 16 heavy (non-hydrogen) atoms. The smallest absolute Gasteiger partial charge is 0.0141 e. The Labute approximate surface area is 106 Å². The van der Waals surface area contributed by atoms with Gasteiger partial charge in [0.15, 0.2) is 0 Å². The van der Waals surface area contributed by atoms with E-state index in [9.17, 15) is 0 Å². The van der Waals surface area contributed by atoms with Crippen LogP contribution in [0.2, 0.25) is 0 Å². The monoisotopic (exact) mass is 243 g/mol. The summed E-state index contributed by atoms with van der Waals surface area (Å²) >= 11 is 1.96. The lowest BCUT2D eigenvalue weighted by Crippen LogP contribution is -2.38. The third kappa shape index (κ3) is 4.67. The molecule has 0 aromatic heterocycles. The van der Waals surface area contributed by atoms with Gasteiger partial charge in [-0.05, 0) is 43.3 Å². The summed E-state index contributed by atoms with van der Waals surface area (Å²) in [6, 6.07) is 0.785. The minimum absolute atomic E-state index is 0.511. The Morgan fingerprint density at radius 1 is 1.19 bits per heavy atom. The van der Waals surface area contributed by atoms with Crippen molar-refractivity contribution >= 4 is 11.8 Å². The highest BCUT2D eigenvalue weighted by Crippen LogP contribution is 2.37. The molecule has 0 spiro atoms. The van der Waals surface area contributed by atoms with Crippen molar-refractivity contribution in [3.8, 4) is 0 Å². The highest BCUT2D eigenvalue weighted by Gasteiger charge is 2.29. The zero-order valence-corrected chi connectivity index (χ0v) is 12.5. The molecule has 0 aromatic rings. The van der Waals surface area contributed by atoms with Crippen LogP contribution in [0.3, 0.4) is 0 Å². The van der Waals surface area contributed by atoms with E-state index in [4.69, 9.17) is 0 Å². The van der Waals surface area contributed by atoms with Crippen molar-refractivity contribution in [1.29, 1.82) is 0 Å². The van der Waals surface area contributed by atoms with Crippen LogP contribution in [-0.4, -0.2) is 24.1 Å². The van der Waals surface area contributed by atoms with Crippen molar-refractivity contribution in [2.75, 3.05) is 12.8 Å². The van der Waals surface area contributed by atoms with E-state index in [1.165, 1.54) is 32.2 Å². The fraction of sp³-hybridized carbons (Fsp3) is 1.00. The zero-order chi connectivity index (χ0) is 12.2. The summed E-state index contributed by atoms with van der Waals surface area (Å²) in [5.41, 5.74) is 0.511. The third-order valence-electron chi connectivity index (χ3n) is 4.05. The van der Waals surface area contributed by atoms with Gasteiger partial charge in [0.05, 0.1) is 0 Å². The molecule has 1 rings (SSSR count). The molecule has 0 aromatic carbocycles. The Balaban J connectivity index is 2.22. The Kier molecular flexibility index (Phi) is 5.66. The first-order valence-electron chi connectivity index (χ1n) is 6.69. The highest BCUT2D eigenvalue weighted by atomic mass is 32.2. The van der Waals surface area contributed by atoms with Crippen molar-refractivity contribution in [1.82, 2.24) is 5.32 Å². The molecule has 1 saturated carbocycles. The van der Waals surface area contributed by atoms with Gasteiger partial charge in [-0.2, -0.15) is 11.8 Å². The zero-order valence-electron chi connectivity index (χ0n) is 11.7. The standard InChI is InChI=1S/C14H29NS/c1-11(16-5)10-15-13-8-6-12(7-9-13)14(2,3)4/h11-13,15H,6-10H2,1-5H3. The van der Waals surface area contributed by atoms with Crippen molar-refractivity contribution in [2.24, 2.45) is 11.3 Å². The van der Waals surface area contributed by atoms with Gasteiger partial charge in [0.25, 0.3) is 0 Å². The Hall–Kier alpha value is 0.310. The molecule has 0 heterocycles. The second kappa shape index (κ2) is 6.30. The van der Waals surface area contributed by atoms with Crippen molar-refractivity contribution in [2.45, 2.75) is 64.7 Å². The summed E-state index contributed by atoms with van der Waals surface area (Å²) in [6.07, 6.45) is 7.78. The second-order valence-corrected chi connectivity index (χ2v) is 7.65. The second-order valence-electron chi connectivity index (χ2n) is 6.37. The molecular weight excluding hydrogens is 214 g/mol. The van der Waals surface area contributed by atoms with E-state index in [0.29, 0.717) is 5.41 Å². The van der Waals surface area contributed by atoms with E-state index in [-0.39, 0.29) is 0 Å². The van der Waals surface area contributed by atoms with E-state index < -0.39 is 0 Å².